The van der Waals surface area contributed by atoms with Crippen LogP contribution in [0.5, 0.6) is 0 Å². The molecule has 1 aromatic heterocycles. The van der Waals surface area contributed by atoms with Gasteiger partial charge in [0.05, 0.1) is 0 Å². The molecule has 1 aromatic rings. The van der Waals surface area contributed by atoms with Crippen molar-refractivity contribution in [2.45, 2.75) is 6.42 Å². The van der Waals surface area contributed by atoms with Crippen LogP contribution in [0.2, 0.25) is 0 Å². The van der Waals surface area contributed by atoms with Gasteiger partial charge in [-0.3, -0.25) is 9.59 Å². The molecule has 126 valence electrons. The van der Waals surface area contributed by atoms with Gasteiger partial charge in [0.25, 0.3) is 5.91 Å². The van der Waals surface area contributed by atoms with Crippen molar-refractivity contribution in [2.24, 2.45) is 0 Å². The van der Waals surface area contributed by atoms with Gasteiger partial charge in [-0.05, 0) is 33.1 Å². The lowest BCUT2D eigenvalue weighted by molar-refractivity contribution is -0.119. The van der Waals surface area contributed by atoms with Crippen molar-refractivity contribution in [2.75, 3.05) is 58.7 Å². The third-order valence-corrected chi connectivity index (χ3v) is 3.69. The summed E-state index contributed by atoms with van der Waals surface area (Å²) in [5.41, 5.74) is 0.384. The minimum Gasteiger partial charge on any atom is -0.354 e. The normalized spacial score (nSPS) is 14.9. The van der Waals surface area contributed by atoms with Gasteiger partial charge in [0.1, 0.15) is 5.69 Å². The average Bonchev–Trinajstić information content (AvgIpc) is 2.58. The van der Waals surface area contributed by atoms with Crippen LogP contribution in [0, 0.1) is 0 Å². The highest BCUT2D eigenvalue weighted by molar-refractivity contribution is 5.92. The van der Waals surface area contributed by atoms with Gasteiger partial charge < -0.3 is 20.0 Å². The predicted molar refractivity (Wildman–Crippen MR) is 87.2 cm³/mol. The monoisotopic (exact) mass is 320 g/mol. The Morgan fingerprint density at radius 3 is 2.74 bits per heavy atom. The summed E-state index contributed by atoms with van der Waals surface area (Å²) in [6, 6.07) is 1.62. The number of hydrogen-bond acceptors (Lipinski definition) is 6. The van der Waals surface area contributed by atoms with Crippen molar-refractivity contribution >= 4 is 18.3 Å². The Hall–Kier alpha value is -2.22. The van der Waals surface area contributed by atoms with Crippen molar-refractivity contribution in [1.82, 2.24) is 24.7 Å². The molecule has 1 aliphatic heterocycles. The van der Waals surface area contributed by atoms with Gasteiger partial charge in [-0.15, -0.1) is 0 Å². The molecule has 1 N–H and O–H groups in total. The van der Waals surface area contributed by atoms with Crippen LogP contribution in [0.25, 0.3) is 0 Å². The minimum absolute atomic E-state index is 0.116. The lowest BCUT2D eigenvalue weighted by Gasteiger charge is -2.32. The molecule has 0 unspecified atom stereocenters. The molecule has 0 bridgehead atoms. The van der Waals surface area contributed by atoms with Crippen LogP contribution < -0.4 is 5.32 Å². The van der Waals surface area contributed by atoms with Gasteiger partial charge >= 0.3 is 0 Å². The maximum absolute atomic E-state index is 12.5. The van der Waals surface area contributed by atoms with Gasteiger partial charge in [-0.2, -0.15) is 0 Å². The predicted octanol–water partition coefficient (Wildman–Crippen LogP) is -0.246. The van der Waals surface area contributed by atoms with Gasteiger partial charge in [0.2, 0.25) is 12.4 Å². The van der Waals surface area contributed by atoms with Crippen LogP contribution in [-0.4, -0.2) is 90.3 Å². The maximum Gasteiger partial charge on any atom is 0.272 e. The molecule has 0 aliphatic carbocycles. The number of carbonyl (C=O) groups excluding carboxylic acids is 2. The van der Waals surface area contributed by atoms with Crippen LogP contribution in [0.4, 0.5) is 5.95 Å². The van der Waals surface area contributed by atoms with E-state index in [1.807, 2.05) is 14.1 Å². The molecule has 23 heavy (non-hydrogen) atoms. The summed E-state index contributed by atoms with van der Waals surface area (Å²) in [5.74, 6) is 0.357. The summed E-state index contributed by atoms with van der Waals surface area (Å²) >= 11 is 0. The number of anilines is 1. The smallest absolute Gasteiger partial charge is 0.272 e. The van der Waals surface area contributed by atoms with Gasteiger partial charge in [-0.1, -0.05) is 0 Å². The third-order valence-electron chi connectivity index (χ3n) is 3.69. The molecule has 8 heteroatoms. The fourth-order valence-electron chi connectivity index (χ4n) is 2.35. The number of amides is 2. The standard InChI is InChI=1S/C15H24N6O2/c1-19(2)7-3-5-16-15-17-6-4-13(18-15)14(23)21-10-8-20(12-22)9-11-21/h4,6,12H,3,5,7-11H2,1-2H3,(H,16,17,18). The highest BCUT2D eigenvalue weighted by Gasteiger charge is 2.22. The summed E-state index contributed by atoms with van der Waals surface area (Å²) in [4.78, 5) is 37.1. The topological polar surface area (TPSA) is 81.7 Å². The molecule has 1 fully saturated rings. The first-order valence-corrected chi connectivity index (χ1v) is 7.80. The summed E-state index contributed by atoms with van der Waals surface area (Å²) in [6.45, 7) is 3.94. The molecule has 8 nitrogen and oxygen atoms in total. The van der Waals surface area contributed by atoms with E-state index in [1.165, 1.54) is 0 Å². The van der Waals surface area contributed by atoms with E-state index in [1.54, 1.807) is 22.1 Å². The van der Waals surface area contributed by atoms with Crippen LogP contribution in [0.15, 0.2) is 12.3 Å². The molecule has 1 aliphatic rings. The number of nitrogens with one attached hydrogen (secondary N) is 1. The molecule has 0 radical (unpaired) electrons. The lowest BCUT2D eigenvalue weighted by Crippen LogP contribution is -2.48. The molecule has 2 amide bonds. The summed E-state index contributed by atoms with van der Waals surface area (Å²) in [6.07, 6.45) is 3.39. The van der Waals surface area contributed by atoms with E-state index in [0.717, 1.165) is 25.9 Å². The average molecular weight is 320 g/mol. The highest BCUT2D eigenvalue weighted by atomic mass is 16.2. The first kappa shape index (κ1) is 17.1. The first-order chi connectivity index (χ1) is 11.1. The second kappa shape index (κ2) is 8.42. The zero-order valence-electron chi connectivity index (χ0n) is 13.7. The lowest BCUT2D eigenvalue weighted by atomic mass is 10.3. The number of rotatable bonds is 7. The van der Waals surface area contributed by atoms with Crippen LogP contribution >= 0.6 is 0 Å². The molecule has 0 saturated carbocycles. The van der Waals surface area contributed by atoms with Gasteiger partial charge in [0.15, 0.2) is 0 Å². The van der Waals surface area contributed by atoms with E-state index in [9.17, 15) is 9.59 Å². The Labute approximate surface area is 136 Å². The summed E-state index contributed by atoms with van der Waals surface area (Å²) in [7, 11) is 4.06. The Morgan fingerprint density at radius 2 is 2.09 bits per heavy atom. The van der Waals surface area contributed by atoms with Gasteiger partial charge in [0, 0.05) is 38.9 Å². The Bertz CT molecular complexity index is 528. The number of carbonyl (C=O) groups is 2. The second-order valence-corrected chi connectivity index (χ2v) is 5.78. The number of aromatic nitrogens is 2. The van der Waals surface area contributed by atoms with Crippen molar-refractivity contribution in [3.05, 3.63) is 18.0 Å². The van der Waals surface area contributed by atoms with Crippen molar-refractivity contribution in [3.63, 3.8) is 0 Å². The summed E-state index contributed by atoms with van der Waals surface area (Å²) in [5, 5.41) is 3.14. The summed E-state index contributed by atoms with van der Waals surface area (Å²) < 4.78 is 0. The Kier molecular flexibility index (Phi) is 6.28. The van der Waals surface area contributed by atoms with Gasteiger partial charge in [-0.25, -0.2) is 9.97 Å². The molecule has 0 atom stereocenters. The van der Waals surface area contributed by atoms with Crippen LogP contribution in [0.1, 0.15) is 16.9 Å². The SMILES string of the molecule is CN(C)CCCNc1nccc(C(=O)N2CCN(C=O)CC2)n1. The number of piperazine rings is 1. The van der Waals surface area contributed by atoms with E-state index in [4.69, 9.17) is 0 Å². The number of nitrogens with zero attached hydrogens (tertiary/aromatic N) is 5. The molecule has 0 spiro atoms. The van der Waals surface area contributed by atoms with Crippen LogP contribution in [0.3, 0.4) is 0 Å². The minimum atomic E-state index is -0.116. The van der Waals surface area contributed by atoms with Crippen molar-refractivity contribution in [3.8, 4) is 0 Å². The molecule has 1 saturated heterocycles. The molecular weight excluding hydrogens is 296 g/mol. The van der Waals surface area contributed by atoms with Crippen molar-refractivity contribution in [1.29, 1.82) is 0 Å². The van der Waals surface area contributed by atoms with E-state index in [0.29, 0.717) is 37.8 Å². The fourth-order valence-corrected chi connectivity index (χ4v) is 2.35. The maximum atomic E-state index is 12.5. The Balaban J connectivity index is 1.88. The Morgan fingerprint density at radius 1 is 1.35 bits per heavy atom. The fraction of sp³-hybridized carbons (Fsp3) is 0.600. The zero-order chi connectivity index (χ0) is 16.7. The zero-order valence-corrected chi connectivity index (χ0v) is 13.7. The largest absolute Gasteiger partial charge is 0.354 e. The van der Waals surface area contributed by atoms with E-state index < -0.39 is 0 Å². The van der Waals surface area contributed by atoms with E-state index >= 15 is 0 Å². The number of hydrogen-bond donors (Lipinski definition) is 1. The third kappa shape index (κ3) is 5.17. The van der Waals surface area contributed by atoms with Crippen molar-refractivity contribution < 1.29 is 9.59 Å². The first-order valence-electron chi connectivity index (χ1n) is 7.80. The van der Waals surface area contributed by atoms with E-state index in [-0.39, 0.29) is 5.91 Å². The molecule has 0 aromatic carbocycles. The van der Waals surface area contributed by atoms with E-state index in [2.05, 4.69) is 20.2 Å². The highest BCUT2D eigenvalue weighted by Crippen LogP contribution is 2.08. The molecule has 2 heterocycles. The second-order valence-electron chi connectivity index (χ2n) is 5.78. The quantitative estimate of drug-likeness (QED) is 0.551. The molecular formula is C15H24N6O2. The van der Waals surface area contributed by atoms with Crippen LogP contribution in [-0.2, 0) is 4.79 Å². The molecule has 2 rings (SSSR count).